The minimum atomic E-state index is 0.0645. The molecule has 0 N–H and O–H groups in total. The highest BCUT2D eigenvalue weighted by atomic mass is 32.1. The number of hydrogen-bond donors (Lipinski definition) is 0. The molecule has 2 amide bonds. The molecule has 4 rings (SSSR count). The van der Waals surface area contributed by atoms with Crippen LogP contribution in [0.3, 0.4) is 0 Å². The van der Waals surface area contributed by atoms with Crippen LogP contribution in [0.4, 0.5) is 0 Å². The number of rotatable bonds is 10. The second kappa shape index (κ2) is 12.5. The summed E-state index contributed by atoms with van der Waals surface area (Å²) in [5.41, 5.74) is 1.13. The summed E-state index contributed by atoms with van der Waals surface area (Å²) in [6.45, 7) is 3.49. The Labute approximate surface area is 209 Å². The molecule has 2 aliphatic carbocycles. The summed E-state index contributed by atoms with van der Waals surface area (Å²) >= 11 is 1.75. The Hall–Kier alpha value is -2.14. The van der Waals surface area contributed by atoms with Crippen molar-refractivity contribution in [1.29, 1.82) is 0 Å². The summed E-state index contributed by atoms with van der Waals surface area (Å²) < 4.78 is 0. The molecule has 2 saturated carbocycles. The molecule has 5 heteroatoms. The van der Waals surface area contributed by atoms with Gasteiger partial charge in [-0.2, -0.15) is 0 Å². The van der Waals surface area contributed by atoms with E-state index in [-0.39, 0.29) is 24.4 Å². The van der Waals surface area contributed by atoms with Crippen LogP contribution in [-0.2, 0) is 22.7 Å². The second-order valence-corrected chi connectivity index (χ2v) is 11.6. The number of benzene rings is 1. The Morgan fingerprint density at radius 1 is 0.853 bits per heavy atom. The highest BCUT2D eigenvalue weighted by molar-refractivity contribution is 7.11. The van der Waals surface area contributed by atoms with Gasteiger partial charge >= 0.3 is 0 Å². The molecule has 1 aromatic heterocycles. The van der Waals surface area contributed by atoms with Gasteiger partial charge in [-0.15, -0.1) is 11.3 Å². The van der Waals surface area contributed by atoms with Gasteiger partial charge in [0.15, 0.2) is 0 Å². The number of hydrogen-bond acceptors (Lipinski definition) is 3. The van der Waals surface area contributed by atoms with Gasteiger partial charge in [0.25, 0.3) is 0 Å². The van der Waals surface area contributed by atoms with E-state index in [0.29, 0.717) is 25.4 Å². The van der Waals surface area contributed by atoms with Crippen molar-refractivity contribution in [2.24, 2.45) is 5.92 Å². The fourth-order valence-electron chi connectivity index (χ4n) is 5.62. The van der Waals surface area contributed by atoms with Gasteiger partial charge in [0.2, 0.25) is 11.8 Å². The minimum absolute atomic E-state index is 0.0645. The zero-order valence-corrected chi connectivity index (χ0v) is 21.5. The van der Waals surface area contributed by atoms with Crippen molar-refractivity contribution in [3.8, 4) is 0 Å². The SMILES string of the molecule is Cc1ccc(CN(Cc2ccccc2)C(=O)CN(C(=O)CCC2CCCC2)C2CCCCC2)s1. The molecule has 1 heterocycles. The number of carbonyl (C=O) groups excluding carboxylic acids is 2. The van der Waals surface area contributed by atoms with E-state index in [1.165, 1.54) is 41.9 Å². The number of carbonyl (C=O) groups is 2. The molecule has 0 spiro atoms. The maximum atomic E-state index is 13.7. The Morgan fingerprint density at radius 3 is 2.24 bits per heavy atom. The molecule has 34 heavy (non-hydrogen) atoms. The van der Waals surface area contributed by atoms with E-state index >= 15 is 0 Å². The topological polar surface area (TPSA) is 40.6 Å². The van der Waals surface area contributed by atoms with E-state index in [1.54, 1.807) is 11.3 Å². The van der Waals surface area contributed by atoms with E-state index in [9.17, 15) is 9.59 Å². The lowest BCUT2D eigenvalue weighted by molar-refractivity contribution is -0.144. The van der Waals surface area contributed by atoms with Crippen molar-refractivity contribution in [2.45, 2.75) is 96.7 Å². The van der Waals surface area contributed by atoms with Gasteiger partial charge in [0, 0.05) is 28.8 Å². The van der Waals surface area contributed by atoms with Crippen molar-refractivity contribution in [1.82, 2.24) is 9.80 Å². The van der Waals surface area contributed by atoms with Crippen molar-refractivity contribution < 1.29 is 9.59 Å². The fourth-order valence-corrected chi connectivity index (χ4v) is 6.53. The van der Waals surface area contributed by atoms with Crippen molar-refractivity contribution >= 4 is 23.2 Å². The molecule has 2 aliphatic rings. The molecule has 0 aliphatic heterocycles. The predicted molar refractivity (Wildman–Crippen MR) is 140 cm³/mol. The average molecular weight is 481 g/mol. The lowest BCUT2D eigenvalue weighted by Crippen LogP contribution is -2.48. The molecule has 4 nitrogen and oxygen atoms in total. The Kier molecular flexibility index (Phi) is 9.20. The van der Waals surface area contributed by atoms with Crippen molar-refractivity contribution in [2.75, 3.05) is 6.54 Å². The third kappa shape index (κ3) is 7.18. The molecule has 0 bridgehead atoms. The van der Waals surface area contributed by atoms with Crippen LogP contribution < -0.4 is 0 Å². The molecule has 0 radical (unpaired) electrons. The first kappa shape index (κ1) is 25.0. The third-order valence-corrected chi connectivity index (χ3v) is 8.58. The Morgan fingerprint density at radius 2 is 1.56 bits per heavy atom. The van der Waals surface area contributed by atoms with Gasteiger partial charge in [0.1, 0.15) is 6.54 Å². The van der Waals surface area contributed by atoms with Gasteiger partial charge in [-0.25, -0.2) is 0 Å². The van der Waals surface area contributed by atoms with E-state index in [1.807, 2.05) is 28.0 Å². The van der Waals surface area contributed by atoms with Crippen LogP contribution in [0.15, 0.2) is 42.5 Å². The first-order valence-corrected chi connectivity index (χ1v) is 14.1. The highest BCUT2D eigenvalue weighted by Crippen LogP contribution is 2.30. The van der Waals surface area contributed by atoms with Crippen LogP contribution in [-0.4, -0.2) is 34.2 Å². The minimum Gasteiger partial charge on any atom is -0.332 e. The monoisotopic (exact) mass is 480 g/mol. The summed E-state index contributed by atoms with van der Waals surface area (Å²) in [5.74, 6) is 0.956. The lowest BCUT2D eigenvalue weighted by atomic mass is 9.93. The van der Waals surface area contributed by atoms with Gasteiger partial charge < -0.3 is 9.80 Å². The quantitative estimate of drug-likeness (QED) is 0.379. The van der Waals surface area contributed by atoms with Crippen LogP contribution in [0.2, 0.25) is 0 Å². The molecule has 0 atom stereocenters. The van der Waals surface area contributed by atoms with E-state index < -0.39 is 0 Å². The second-order valence-electron chi connectivity index (χ2n) is 10.3. The maximum absolute atomic E-state index is 13.7. The Bertz CT molecular complexity index is 913. The normalized spacial score (nSPS) is 17.1. The Balaban J connectivity index is 1.47. The van der Waals surface area contributed by atoms with Crippen LogP contribution in [0.25, 0.3) is 0 Å². The fraction of sp³-hybridized carbons (Fsp3) is 0.586. The summed E-state index contributed by atoms with van der Waals surface area (Å²) in [6, 6.07) is 14.7. The summed E-state index contributed by atoms with van der Waals surface area (Å²) in [7, 11) is 0. The van der Waals surface area contributed by atoms with Gasteiger partial charge in [-0.1, -0.05) is 75.3 Å². The molecular formula is C29H40N2O2S. The number of nitrogens with zero attached hydrogens (tertiary/aromatic N) is 2. The van der Waals surface area contributed by atoms with Crippen LogP contribution in [0.5, 0.6) is 0 Å². The maximum Gasteiger partial charge on any atom is 0.242 e. The van der Waals surface area contributed by atoms with E-state index in [4.69, 9.17) is 0 Å². The zero-order valence-electron chi connectivity index (χ0n) is 20.7. The molecular weight excluding hydrogens is 440 g/mol. The zero-order chi connectivity index (χ0) is 23.8. The third-order valence-electron chi connectivity index (χ3n) is 7.59. The number of amides is 2. The number of thiophene rings is 1. The largest absolute Gasteiger partial charge is 0.332 e. The van der Waals surface area contributed by atoms with Gasteiger partial charge in [-0.05, 0) is 49.8 Å². The molecule has 0 saturated heterocycles. The first-order chi connectivity index (χ1) is 16.6. The molecule has 0 unspecified atom stereocenters. The van der Waals surface area contributed by atoms with Gasteiger partial charge in [-0.3, -0.25) is 9.59 Å². The molecule has 2 aromatic rings. The summed E-state index contributed by atoms with van der Waals surface area (Å²) in [4.78, 5) is 33.5. The van der Waals surface area contributed by atoms with Crippen LogP contribution >= 0.6 is 11.3 Å². The van der Waals surface area contributed by atoms with Gasteiger partial charge in [0.05, 0.1) is 6.54 Å². The van der Waals surface area contributed by atoms with Crippen LogP contribution in [0, 0.1) is 12.8 Å². The van der Waals surface area contributed by atoms with E-state index in [2.05, 4.69) is 31.2 Å². The first-order valence-electron chi connectivity index (χ1n) is 13.2. The van der Waals surface area contributed by atoms with Crippen LogP contribution in [0.1, 0.15) is 85.9 Å². The average Bonchev–Trinajstić information content (AvgIpc) is 3.53. The predicted octanol–water partition coefficient (Wildman–Crippen LogP) is 6.72. The standard InChI is InChI=1S/C29H40N2O2S/c1-23-16-18-27(34-23)21-30(20-25-12-4-2-5-13-25)29(33)22-31(26-14-6-3-7-15-26)28(32)19-17-24-10-8-9-11-24/h2,4-5,12-13,16,18,24,26H,3,6-11,14-15,17,19-22H2,1H3. The lowest BCUT2D eigenvalue weighted by Gasteiger charge is -2.36. The van der Waals surface area contributed by atoms with Crippen molar-refractivity contribution in [3.63, 3.8) is 0 Å². The highest BCUT2D eigenvalue weighted by Gasteiger charge is 2.29. The summed E-state index contributed by atoms with van der Waals surface area (Å²) in [6.07, 6.45) is 12.3. The molecule has 184 valence electrons. The molecule has 1 aromatic carbocycles. The van der Waals surface area contributed by atoms with Crippen molar-refractivity contribution in [3.05, 3.63) is 57.8 Å². The molecule has 2 fully saturated rings. The number of aryl methyl sites for hydroxylation is 1. The summed E-state index contributed by atoms with van der Waals surface area (Å²) in [5, 5.41) is 0. The smallest absolute Gasteiger partial charge is 0.242 e. The van der Waals surface area contributed by atoms with E-state index in [0.717, 1.165) is 37.7 Å².